The van der Waals surface area contributed by atoms with Crippen molar-refractivity contribution in [2.75, 3.05) is 5.75 Å². The largest absolute Gasteiger partial charge is 0.443 e. The summed E-state index contributed by atoms with van der Waals surface area (Å²) in [6, 6.07) is 3.60. The van der Waals surface area contributed by atoms with Crippen molar-refractivity contribution in [1.82, 2.24) is 29.5 Å². The number of nitrogens with zero attached hydrogens (tertiary/aromatic N) is 6. The fraction of sp³-hybridized carbons (Fsp3) is 0.294. The van der Waals surface area contributed by atoms with E-state index in [9.17, 15) is 34.8 Å². The van der Waals surface area contributed by atoms with Crippen LogP contribution in [0.1, 0.15) is 18.3 Å². The first-order valence-electron chi connectivity index (χ1n) is 8.84. The summed E-state index contributed by atoms with van der Waals surface area (Å²) < 4.78 is 105. The number of aromatic nitrogens is 6. The molecular formula is C17H10F6N6O2S2. The van der Waals surface area contributed by atoms with Crippen molar-refractivity contribution in [2.24, 2.45) is 7.05 Å². The van der Waals surface area contributed by atoms with Gasteiger partial charge < -0.3 is 4.57 Å². The summed E-state index contributed by atoms with van der Waals surface area (Å²) in [4.78, 5) is 3.81. The smallest absolute Gasteiger partial charge is 0.310 e. The Labute approximate surface area is 185 Å². The van der Waals surface area contributed by atoms with E-state index in [1.165, 1.54) is 18.5 Å². The first kappa shape index (κ1) is 23.0. The molecule has 4 rings (SSSR count). The summed E-state index contributed by atoms with van der Waals surface area (Å²) in [6.45, 7) is 1.36. The molecule has 4 heterocycles. The van der Waals surface area contributed by atoms with Crippen molar-refractivity contribution in [2.45, 2.75) is 24.2 Å². The van der Waals surface area contributed by atoms with Gasteiger partial charge in [-0.1, -0.05) is 6.92 Å². The summed E-state index contributed by atoms with van der Waals surface area (Å²) in [7, 11) is -2.52. The molecule has 8 nitrogen and oxygen atoms in total. The highest BCUT2D eigenvalue weighted by molar-refractivity contribution is 7.91. The van der Waals surface area contributed by atoms with Crippen molar-refractivity contribution in [3.63, 3.8) is 0 Å². The molecule has 0 saturated carbocycles. The number of thiophene rings is 1. The van der Waals surface area contributed by atoms with E-state index in [1.807, 2.05) is 6.07 Å². The van der Waals surface area contributed by atoms with Gasteiger partial charge in [-0.15, -0.1) is 26.6 Å². The zero-order valence-corrected chi connectivity index (χ0v) is 18.1. The van der Waals surface area contributed by atoms with Crippen LogP contribution in [0.5, 0.6) is 0 Å². The first-order valence-corrected chi connectivity index (χ1v) is 11.3. The van der Waals surface area contributed by atoms with E-state index in [-0.39, 0.29) is 37.5 Å². The number of hydrogen-bond acceptors (Lipinski definition) is 7. The number of fused-ring (bicyclic) bond motifs is 1. The van der Waals surface area contributed by atoms with Crippen LogP contribution >= 0.6 is 11.3 Å². The predicted molar refractivity (Wildman–Crippen MR) is 102 cm³/mol. The van der Waals surface area contributed by atoms with E-state index in [4.69, 9.17) is 0 Å². The van der Waals surface area contributed by atoms with Crippen molar-refractivity contribution < 1.29 is 34.8 Å². The highest BCUT2D eigenvalue weighted by Crippen LogP contribution is 2.39. The Morgan fingerprint density at radius 2 is 1.79 bits per heavy atom. The van der Waals surface area contributed by atoms with Crippen LogP contribution in [-0.2, 0) is 29.2 Å². The van der Waals surface area contributed by atoms with Gasteiger partial charge in [0.25, 0.3) is 0 Å². The molecule has 0 aromatic carbocycles. The lowest BCUT2D eigenvalue weighted by Crippen LogP contribution is -2.09. The number of aryl methyl sites for hydroxylation is 1. The molecule has 0 spiro atoms. The van der Waals surface area contributed by atoms with Gasteiger partial charge >= 0.3 is 12.4 Å². The maximum absolute atomic E-state index is 13.0. The molecule has 0 aliphatic rings. The lowest BCUT2D eigenvalue weighted by molar-refractivity contribution is -0.142. The number of sulfone groups is 1. The molecule has 16 heteroatoms. The minimum atomic E-state index is -4.79. The van der Waals surface area contributed by atoms with Crippen LogP contribution in [0.25, 0.3) is 26.9 Å². The second-order valence-corrected chi connectivity index (χ2v) is 9.88. The monoisotopic (exact) mass is 508 g/mol. The van der Waals surface area contributed by atoms with E-state index in [0.29, 0.717) is 10.7 Å². The molecule has 0 aliphatic carbocycles. The molecule has 174 valence electrons. The van der Waals surface area contributed by atoms with E-state index in [2.05, 4.69) is 26.5 Å². The molecule has 0 aliphatic heterocycles. The third-order valence-corrected chi connectivity index (χ3v) is 7.46. The molecule has 0 N–H and O–H groups in total. The maximum atomic E-state index is 13.0. The van der Waals surface area contributed by atoms with E-state index in [1.54, 1.807) is 0 Å². The van der Waals surface area contributed by atoms with Gasteiger partial charge in [0.2, 0.25) is 5.69 Å². The van der Waals surface area contributed by atoms with Crippen molar-refractivity contribution in [3.05, 3.63) is 35.8 Å². The Bertz CT molecular complexity index is 1470. The third kappa shape index (κ3) is 4.02. The van der Waals surface area contributed by atoms with E-state index < -0.39 is 33.6 Å². The summed E-state index contributed by atoms with van der Waals surface area (Å²) in [6.07, 6.45) is -7.40. The van der Waals surface area contributed by atoms with Gasteiger partial charge in [-0.3, -0.25) is 0 Å². The molecule has 0 amide bonds. The molecule has 0 bridgehead atoms. The van der Waals surface area contributed by atoms with Crippen LogP contribution in [0.3, 0.4) is 0 Å². The fourth-order valence-corrected chi connectivity index (χ4v) is 5.37. The standard InChI is InChI=1S/C17H10F6N6O2S2/c1-3-33(30,31)9-7-12(29-5-4-10(27-29)16(18,19)20)32-13(9)15-24-8-6-11(17(21,22)23)25-26-14(8)28(15)2/h6-7H,3H2,1-2H3. The van der Waals surface area contributed by atoms with Crippen molar-refractivity contribution in [1.29, 1.82) is 0 Å². The minimum absolute atomic E-state index is 0.0154. The van der Waals surface area contributed by atoms with Crippen LogP contribution in [0, 0.1) is 12.3 Å². The number of imidazole rings is 1. The number of rotatable bonds is 4. The summed E-state index contributed by atoms with van der Waals surface area (Å²) in [5, 5.41) is 9.95. The molecule has 4 aromatic heterocycles. The van der Waals surface area contributed by atoms with Crippen LogP contribution in [0.15, 0.2) is 17.0 Å². The molecule has 4 aromatic rings. The number of hydrogen-bond donors (Lipinski definition) is 0. The van der Waals surface area contributed by atoms with E-state index in [0.717, 1.165) is 17.4 Å². The van der Waals surface area contributed by atoms with Gasteiger partial charge in [0.1, 0.15) is 10.5 Å². The van der Waals surface area contributed by atoms with Gasteiger partial charge in [-0.25, -0.2) is 13.4 Å². The summed E-state index contributed by atoms with van der Waals surface area (Å²) in [5.74, 6) is -0.407. The zero-order chi connectivity index (χ0) is 24.3. The normalized spacial score (nSPS) is 13.0. The fourth-order valence-electron chi connectivity index (χ4n) is 2.82. The predicted octanol–water partition coefficient (Wildman–Crippen LogP) is 3.71. The van der Waals surface area contributed by atoms with Crippen molar-refractivity contribution in [3.8, 4) is 15.7 Å². The topological polar surface area (TPSA) is 95.6 Å². The summed E-state index contributed by atoms with van der Waals surface area (Å²) >= 11 is 0.720. The number of halogens is 6. The molecule has 0 fully saturated rings. The highest BCUT2D eigenvalue weighted by Gasteiger charge is 2.36. The quantitative estimate of drug-likeness (QED) is 0.390. The lowest BCUT2D eigenvalue weighted by Gasteiger charge is -2.04. The number of alkyl halides is 6. The van der Waals surface area contributed by atoms with Gasteiger partial charge in [0.05, 0.1) is 15.5 Å². The Morgan fingerprint density at radius 1 is 1.09 bits per heavy atom. The van der Waals surface area contributed by atoms with E-state index >= 15 is 0 Å². The van der Waals surface area contributed by atoms with Gasteiger partial charge in [-0.05, 0) is 12.1 Å². The zero-order valence-electron chi connectivity index (χ0n) is 16.4. The van der Waals surface area contributed by atoms with Gasteiger partial charge in [0, 0.05) is 19.3 Å². The molecule has 0 atom stereocenters. The Hall–Kier alpha value is -3.19. The molecule has 0 saturated heterocycles. The Balaban J connectivity index is 1.92. The average molecular weight is 508 g/mol. The maximum Gasteiger partial charge on any atom is 0.443 e. The lowest BCUT2D eigenvalue weighted by atomic mass is 10.3. The van der Waals surface area contributed by atoms with Crippen LogP contribution in [-0.4, -0.2) is 43.7 Å². The van der Waals surface area contributed by atoms with Crippen LogP contribution in [0.2, 0.25) is 0 Å². The second kappa shape index (κ2) is 7.42. The Kier molecular flexibility index (Phi) is 5.17. The minimum Gasteiger partial charge on any atom is -0.310 e. The highest BCUT2D eigenvalue weighted by atomic mass is 32.2. The van der Waals surface area contributed by atoms with Gasteiger partial charge in [0.15, 0.2) is 27.0 Å². The molecular weight excluding hydrogens is 498 g/mol. The average Bonchev–Trinajstić information content (AvgIpc) is 3.43. The van der Waals surface area contributed by atoms with Crippen LogP contribution < -0.4 is 0 Å². The van der Waals surface area contributed by atoms with Crippen LogP contribution in [0.4, 0.5) is 26.3 Å². The molecule has 33 heavy (non-hydrogen) atoms. The second-order valence-electron chi connectivity index (χ2n) is 6.61. The summed E-state index contributed by atoms with van der Waals surface area (Å²) in [5.41, 5.74) is -2.88. The first-order chi connectivity index (χ1) is 15.2. The van der Waals surface area contributed by atoms with Gasteiger partial charge in [-0.2, -0.15) is 31.0 Å². The third-order valence-electron chi connectivity index (χ3n) is 4.47. The molecule has 0 unspecified atom stereocenters. The Morgan fingerprint density at radius 3 is 2.36 bits per heavy atom. The molecule has 0 radical (unpaired) electrons. The SMILES string of the molecule is CCS(=O)(=O)c1cc(-n2c#cc(C(F)(F)F)n2)sc1-c1nc2cc(C(F)(F)F)nnc2n1C. The van der Waals surface area contributed by atoms with Crippen molar-refractivity contribution >= 4 is 32.3 Å².